The van der Waals surface area contributed by atoms with E-state index in [9.17, 15) is 9.50 Å². The van der Waals surface area contributed by atoms with Gasteiger partial charge in [-0.1, -0.05) is 81.4 Å². The van der Waals surface area contributed by atoms with E-state index < -0.39 is 73.1 Å². The van der Waals surface area contributed by atoms with Crippen LogP contribution in [-0.4, -0.2) is 61.5 Å². The molecular weight excluding hydrogens is 702 g/mol. The molecule has 0 saturated carbocycles. The van der Waals surface area contributed by atoms with Gasteiger partial charge in [0.05, 0.1) is 24.8 Å². The zero-order valence-corrected chi connectivity index (χ0v) is 31.6. The second-order valence-electron chi connectivity index (χ2n) is 16.0. The molecule has 1 fully saturated rings. The highest BCUT2D eigenvalue weighted by molar-refractivity contribution is 6.99. The van der Waals surface area contributed by atoms with Crippen molar-refractivity contribution in [2.24, 2.45) is 5.92 Å². The average molecular weight is 748 g/mol. The van der Waals surface area contributed by atoms with E-state index in [0.717, 1.165) is 22.5 Å². The number of halogens is 5. The lowest BCUT2D eigenvalue weighted by molar-refractivity contribution is -0.0825. The number of aromatic amines is 1. The number of aliphatic hydroxyl groups is 1. The van der Waals surface area contributed by atoms with E-state index in [-0.39, 0.29) is 17.9 Å². The summed E-state index contributed by atoms with van der Waals surface area (Å²) < 4.78 is 87.7. The van der Waals surface area contributed by atoms with Gasteiger partial charge in [0.25, 0.3) is 14.2 Å². The Bertz CT molecular complexity index is 2030. The van der Waals surface area contributed by atoms with Crippen molar-refractivity contribution >= 4 is 29.6 Å². The summed E-state index contributed by atoms with van der Waals surface area (Å²) >= 11 is 0. The van der Waals surface area contributed by atoms with Gasteiger partial charge in [0.15, 0.2) is 0 Å². The monoisotopic (exact) mass is 747 g/mol. The highest BCUT2D eigenvalue weighted by atomic mass is 28.4. The molecule has 3 N–H and O–H groups in total. The number of alkyl halides is 2. The normalized spacial score (nSPS) is 19.9. The highest BCUT2D eigenvalue weighted by Crippen LogP contribution is 2.45. The summed E-state index contributed by atoms with van der Waals surface area (Å²) in [7, 11) is -3.35. The summed E-state index contributed by atoms with van der Waals surface area (Å²) in [6, 6.07) is 23.5. The zero-order valence-electron chi connectivity index (χ0n) is 30.6. The Morgan fingerprint density at radius 3 is 1.96 bits per heavy atom. The molecule has 4 aromatic carbocycles. The third kappa shape index (κ3) is 6.65. The quantitative estimate of drug-likeness (QED) is 0.102. The molecule has 53 heavy (non-hydrogen) atoms. The van der Waals surface area contributed by atoms with Crippen LogP contribution in [0.15, 0.2) is 91.0 Å². The second-order valence-corrected chi connectivity index (χ2v) is 20.3. The summed E-state index contributed by atoms with van der Waals surface area (Å²) in [5, 5.41) is 16.1. The molecule has 5 aromatic rings. The number of rotatable bonds is 10. The summed E-state index contributed by atoms with van der Waals surface area (Å²) in [6.07, 6.45) is 0.242. The minimum atomic E-state index is -3.47. The van der Waals surface area contributed by atoms with Crippen molar-refractivity contribution < 1.29 is 31.5 Å². The van der Waals surface area contributed by atoms with Crippen LogP contribution in [0.3, 0.4) is 0 Å². The van der Waals surface area contributed by atoms with Crippen LogP contribution in [0.4, 0.5) is 22.0 Å². The Morgan fingerprint density at radius 1 is 0.849 bits per heavy atom. The molecule has 7 rings (SSSR count). The van der Waals surface area contributed by atoms with Gasteiger partial charge in [-0.3, -0.25) is 4.90 Å². The third-order valence-corrected chi connectivity index (χ3v) is 16.4. The molecule has 2 aliphatic heterocycles. The number of aromatic nitrogens is 1. The molecule has 0 aliphatic carbocycles. The Labute approximate surface area is 308 Å². The first-order chi connectivity index (χ1) is 25.0. The van der Waals surface area contributed by atoms with Crippen LogP contribution < -0.4 is 15.7 Å². The van der Waals surface area contributed by atoms with Gasteiger partial charge in [0.2, 0.25) is 0 Å². The predicted molar refractivity (Wildman–Crippen MR) is 201 cm³/mol. The fourth-order valence-electron chi connectivity index (χ4n) is 8.43. The number of nitrogens with one attached hydrogen (secondary N) is 2. The molecular formula is C42H46F5N3O2Si. The summed E-state index contributed by atoms with van der Waals surface area (Å²) in [6.45, 7) is 8.48. The van der Waals surface area contributed by atoms with E-state index in [2.05, 4.69) is 10.3 Å². The zero-order chi connectivity index (χ0) is 37.9. The van der Waals surface area contributed by atoms with Crippen LogP contribution in [-0.2, 0) is 16.4 Å². The minimum absolute atomic E-state index is 0.0705. The fourth-order valence-corrected chi connectivity index (χ4v) is 13.0. The highest BCUT2D eigenvalue weighted by Gasteiger charge is 2.53. The Balaban J connectivity index is 1.30. The van der Waals surface area contributed by atoms with Gasteiger partial charge in [-0.05, 0) is 77.1 Å². The van der Waals surface area contributed by atoms with Gasteiger partial charge < -0.3 is 19.8 Å². The number of H-pyrrole nitrogens is 1. The van der Waals surface area contributed by atoms with E-state index in [4.69, 9.17) is 4.43 Å². The molecule has 3 heterocycles. The van der Waals surface area contributed by atoms with Crippen molar-refractivity contribution in [3.63, 3.8) is 0 Å². The first kappa shape index (κ1) is 37.4. The van der Waals surface area contributed by atoms with Crippen molar-refractivity contribution in [3.8, 4) is 0 Å². The van der Waals surface area contributed by atoms with Gasteiger partial charge >= 0.3 is 0 Å². The van der Waals surface area contributed by atoms with Crippen molar-refractivity contribution in [2.45, 2.75) is 69.7 Å². The first-order valence-corrected chi connectivity index (χ1v) is 20.1. The molecule has 1 unspecified atom stereocenters. The molecule has 0 spiro atoms. The van der Waals surface area contributed by atoms with Crippen molar-refractivity contribution in [3.05, 3.63) is 131 Å². The second kappa shape index (κ2) is 13.8. The standard InChI is InChI=1S/C42H46F5N3O2Si/c1-26-18-33-32-21-29(43)16-17-36(32)49-38(33)39(37-34(44)19-27(20-35(37)45)41(5,51)28-22-48-23-28)50(26)24-42(46,47)25-52-53(40(2,3)4,30-12-8-6-9-13-30)31-14-10-7-11-15-31/h6-17,19-21,26,28,39,48-49,51H,18,22-25H2,1-5H3/t26-,39-,41?/m1/s1. The topological polar surface area (TPSA) is 60.5 Å². The number of fused-ring (bicyclic) bond motifs is 3. The molecule has 1 aromatic heterocycles. The number of hydrogen-bond donors (Lipinski definition) is 3. The maximum absolute atomic E-state index is 16.8. The van der Waals surface area contributed by atoms with Gasteiger partial charge in [0, 0.05) is 47.2 Å². The SMILES string of the molecule is C[C@@H]1Cc2c([nH]c3ccc(F)cc23)[C@@H](c2c(F)cc(C(C)(O)C3CNC3)cc2F)N1CC(F)(F)CO[Si](c1ccccc1)(c1ccccc1)C(C)(C)C. The summed E-state index contributed by atoms with van der Waals surface area (Å²) in [5.74, 6) is -6.11. The van der Waals surface area contributed by atoms with Gasteiger partial charge in [0.1, 0.15) is 17.5 Å². The van der Waals surface area contributed by atoms with Crippen molar-refractivity contribution in [1.82, 2.24) is 15.2 Å². The van der Waals surface area contributed by atoms with Crippen LogP contribution in [0.2, 0.25) is 5.04 Å². The van der Waals surface area contributed by atoms with Crippen LogP contribution >= 0.6 is 0 Å². The smallest absolute Gasteiger partial charge is 0.282 e. The van der Waals surface area contributed by atoms with E-state index >= 15 is 17.6 Å². The lowest BCUT2D eigenvalue weighted by Gasteiger charge is -2.45. The van der Waals surface area contributed by atoms with Crippen molar-refractivity contribution in [2.75, 3.05) is 26.2 Å². The molecule has 3 atom stereocenters. The molecule has 0 radical (unpaired) electrons. The van der Waals surface area contributed by atoms with Crippen LogP contribution in [0.1, 0.15) is 63.0 Å². The minimum Gasteiger partial charge on any atom is -0.401 e. The van der Waals surface area contributed by atoms with Crippen LogP contribution in [0, 0.1) is 23.4 Å². The summed E-state index contributed by atoms with van der Waals surface area (Å²) in [4.78, 5) is 4.64. The molecule has 1 saturated heterocycles. The fraction of sp³-hybridized carbons (Fsp3) is 0.381. The Hall–Kier alpha value is -3.87. The van der Waals surface area contributed by atoms with E-state index in [1.54, 1.807) is 13.0 Å². The predicted octanol–water partition coefficient (Wildman–Crippen LogP) is 7.56. The molecule has 5 nitrogen and oxygen atoms in total. The molecule has 280 valence electrons. The van der Waals surface area contributed by atoms with Crippen LogP contribution in [0.25, 0.3) is 10.9 Å². The largest absolute Gasteiger partial charge is 0.401 e. The van der Waals surface area contributed by atoms with Gasteiger partial charge in [-0.15, -0.1) is 0 Å². The van der Waals surface area contributed by atoms with Gasteiger partial charge in [-0.2, -0.15) is 0 Å². The Kier molecular flexibility index (Phi) is 9.72. The maximum Gasteiger partial charge on any atom is 0.282 e. The van der Waals surface area contributed by atoms with Crippen LogP contribution in [0.5, 0.6) is 0 Å². The molecule has 0 bridgehead atoms. The molecule has 2 aliphatic rings. The van der Waals surface area contributed by atoms with E-state index in [1.807, 2.05) is 81.4 Å². The number of hydrogen-bond acceptors (Lipinski definition) is 4. The van der Waals surface area contributed by atoms with E-state index in [0.29, 0.717) is 35.2 Å². The lowest BCUT2D eigenvalue weighted by atomic mass is 9.78. The van der Waals surface area contributed by atoms with Crippen molar-refractivity contribution in [1.29, 1.82) is 0 Å². The van der Waals surface area contributed by atoms with Gasteiger partial charge in [-0.25, -0.2) is 22.0 Å². The average Bonchev–Trinajstić information content (AvgIpc) is 3.42. The Morgan fingerprint density at radius 2 is 1.43 bits per heavy atom. The molecule has 11 heteroatoms. The number of nitrogens with zero attached hydrogens (tertiary/aromatic N) is 1. The first-order valence-electron chi connectivity index (χ1n) is 18.1. The summed E-state index contributed by atoms with van der Waals surface area (Å²) in [5.41, 5.74) is -0.375. The number of benzene rings is 4. The van der Waals surface area contributed by atoms with E-state index in [1.165, 1.54) is 24.0 Å². The molecule has 0 amide bonds. The third-order valence-electron chi connectivity index (χ3n) is 11.4. The lowest BCUT2D eigenvalue weighted by Crippen LogP contribution is -2.67. The maximum atomic E-state index is 16.8.